The highest BCUT2D eigenvalue weighted by Gasteiger charge is 2.17. The van der Waals surface area contributed by atoms with Gasteiger partial charge in [-0.25, -0.2) is 4.39 Å². The van der Waals surface area contributed by atoms with Crippen LogP contribution in [0.5, 0.6) is 0 Å². The van der Waals surface area contributed by atoms with Crippen molar-refractivity contribution in [2.75, 3.05) is 25.5 Å². The van der Waals surface area contributed by atoms with Crippen LogP contribution in [0.1, 0.15) is 18.4 Å². The first-order chi connectivity index (χ1) is 7.65. The second kappa shape index (κ2) is 4.83. The van der Waals surface area contributed by atoms with E-state index in [9.17, 15) is 4.39 Å². The first-order valence-electron chi connectivity index (χ1n) is 5.86. The van der Waals surface area contributed by atoms with Crippen LogP contribution >= 0.6 is 0 Å². The highest BCUT2D eigenvalue weighted by Crippen LogP contribution is 2.19. The number of benzene rings is 1. The Kier molecular flexibility index (Phi) is 3.44. The minimum Gasteiger partial charge on any atom is -0.379 e. The lowest BCUT2D eigenvalue weighted by atomic mass is 10.1. The Hall–Kier alpha value is -1.09. The lowest BCUT2D eigenvalue weighted by Crippen LogP contribution is -2.39. The van der Waals surface area contributed by atoms with Gasteiger partial charge in [0, 0.05) is 12.6 Å². The van der Waals surface area contributed by atoms with E-state index in [1.165, 1.54) is 12.5 Å². The molecule has 1 unspecified atom stereocenters. The molecular weight excluding hydrogens is 203 g/mol. The van der Waals surface area contributed by atoms with Crippen LogP contribution in [-0.2, 0) is 0 Å². The third-order valence-electron chi connectivity index (χ3n) is 3.11. The smallest absolute Gasteiger partial charge is 0.146 e. The topological polar surface area (TPSA) is 15.3 Å². The molecular formula is C13H19FN2. The van der Waals surface area contributed by atoms with Crippen molar-refractivity contribution >= 4 is 5.69 Å². The summed E-state index contributed by atoms with van der Waals surface area (Å²) in [5.41, 5.74) is 1.73. The molecule has 0 spiro atoms. The molecule has 2 rings (SSSR count). The number of likely N-dealkylation sites (N-methyl/N-ethyl adjacent to an activating group) is 1. The molecule has 0 aliphatic carbocycles. The number of nitrogens with one attached hydrogen (secondary N) is 1. The average Bonchev–Trinajstić information content (AvgIpc) is 2.24. The molecule has 1 atom stereocenters. The standard InChI is InChI=1S/C13H19FN2/c1-10-5-6-12(14)13(8-10)15-11-4-3-7-16(2)9-11/h5-6,8,11,15H,3-4,7,9H2,1-2H3. The summed E-state index contributed by atoms with van der Waals surface area (Å²) in [7, 11) is 2.11. The van der Waals surface area contributed by atoms with Gasteiger partial charge in [0.1, 0.15) is 5.82 Å². The van der Waals surface area contributed by atoms with Gasteiger partial charge in [-0.1, -0.05) is 6.07 Å². The number of hydrogen-bond acceptors (Lipinski definition) is 2. The van der Waals surface area contributed by atoms with Crippen LogP contribution in [0.3, 0.4) is 0 Å². The summed E-state index contributed by atoms with van der Waals surface area (Å²) >= 11 is 0. The second-order valence-corrected chi connectivity index (χ2v) is 4.73. The van der Waals surface area contributed by atoms with Crippen molar-refractivity contribution in [1.82, 2.24) is 4.90 Å². The fraction of sp³-hybridized carbons (Fsp3) is 0.538. The Morgan fingerprint density at radius 1 is 1.44 bits per heavy atom. The van der Waals surface area contributed by atoms with Crippen molar-refractivity contribution < 1.29 is 4.39 Å². The maximum absolute atomic E-state index is 13.5. The normalized spacial score (nSPS) is 22.1. The molecule has 2 nitrogen and oxygen atoms in total. The number of rotatable bonds is 2. The Bertz CT molecular complexity index is 365. The molecule has 16 heavy (non-hydrogen) atoms. The van der Waals surface area contributed by atoms with E-state index in [-0.39, 0.29) is 5.82 Å². The number of nitrogens with zero attached hydrogens (tertiary/aromatic N) is 1. The molecule has 0 aromatic heterocycles. The number of hydrogen-bond donors (Lipinski definition) is 1. The molecule has 0 saturated carbocycles. The van der Waals surface area contributed by atoms with E-state index in [2.05, 4.69) is 17.3 Å². The van der Waals surface area contributed by atoms with Crippen LogP contribution in [0.25, 0.3) is 0 Å². The van der Waals surface area contributed by atoms with E-state index >= 15 is 0 Å². The molecule has 0 bridgehead atoms. The van der Waals surface area contributed by atoms with Gasteiger partial charge in [0.2, 0.25) is 0 Å². The van der Waals surface area contributed by atoms with Gasteiger partial charge in [-0.2, -0.15) is 0 Å². The number of aryl methyl sites for hydroxylation is 1. The summed E-state index contributed by atoms with van der Waals surface area (Å²) in [6.07, 6.45) is 2.30. The van der Waals surface area contributed by atoms with Gasteiger partial charge in [0.25, 0.3) is 0 Å². The monoisotopic (exact) mass is 222 g/mol. The van der Waals surface area contributed by atoms with Crippen molar-refractivity contribution in [3.05, 3.63) is 29.6 Å². The average molecular weight is 222 g/mol. The zero-order valence-corrected chi connectivity index (χ0v) is 9.96. The summed E-state index contributed by atoms with van der Waals surface area (Å²) in [6, 6.07) is 5.58. The summed E-state index contributed by atoms with van der Waals surface area (Å²) < 4.78 is 13.5. The number of piperidine rings is 1. The molecule has 0 radical (unpaired) electrons. The molecule has 88 valence electrons. The number of likely N-dealkylation sites (tertiary alicyclic amines) is 1. The maximum atomic E-state index is 13.5. The summed E-state index contributed by atoms with van der Waals surface area (Å²) in [5, 5.41) is 3.30. The predicted octanol–water partition coefficient (Wildman–Crippen LogP) is 2.64. The van der Waals surface area contributed by atoms with E-state index in [0.717, 1.165) is 25.1 Å². The van der Waals surface area contributed by atoms with Gasteiger partial charge < -0.3 is 10.2 Å². The third kappa shape index (κ3) is 2.73. The van der Waals surface area contributed by atoms with Crippen molar-refractivity contribution in [2.45, 2.75) is 25.8 Å². The minimum absolute atomic E-state index is 0.154. The van der Waals surface area contributed by atoms with Crippen molar-refractivity contribution in [2.24, 2.45) is 0 Å². The van der Waals surface area contributed by atoms with Crippen LogP contribution in [0.2, 0.25) is 0 Å². The highest BCUT2D eigenvalue weighted by molar-refractivity contribution is 5.47. The Morgan fingerprint density at radius 3 is 3.00 bits per heavy atom. The van der Waals surface area contributed by atoms with Crippen molar-refractivity contribution in [1.29, 1.82) is 0 Å². The SMILES string of the molecule is Cc1ccc(F)c(NC2CCCN(C)C2)c1. The lowest BCUT2D eigenvalue weighted by molar-refractivity contribution is 0.260. The van der Waals surface area contributed by atoms with Gasteiger partial charge in [-0.3, -0.25) is 0 Å². The number of halogens is 1. The molecule has 0 amide bonds. The van der Waals surface area contributed by atoms with Gasteiger partial charge in [0.05, 0.1) is 5.69 Å². The first kappa shape index (κ1) is 11.4. The van der Waals surface area contributed by atoms with Crippen LogP contribution in [0, 0.1) is 12.7 Å². The van der Waals surface area contributed by atoms with Crippen LogP contribution < -0.4 is 5.32 Å². The van der Waals surface area contributed by atoms with E-state index in [4.69, 9.17) is 0 Å². The van der Waals surface area contributed by atoms with Crippen LogP contribution in [0.15, 0.2) is 18.2 Å². The highest BCUT2D eigenvalue weighted by atomic mass is 19.1. The first-order valence-corrected chi connectivity index (χ1v) is 5.86. The lowest BCUT2D eigenvalue weighted by Gasteiger charge is -2.31. The zero-order chi connectivity index (χ0) is 11.5. The minimum atomic E-state index is -0.154. The molecule has 1 aliphatic heterocycles. The van der Waals surface area contributed by atoms with E-state index < -0.39 is 0 Å². The molecule has 1 saturated heterocycles. The fourth-order valence-corrected chi connectivity index (χ4v) is 2.25. The predicted molar refractivity (Wildman–Crippen MR) is 65.3 cm³/mol. The Morgan fingerprint density at radius 2 is 2.25 bits per heavy atom. The Balaban J connectivity index is 2.05. The largest absolute Gasteiger partial charge is 0.379 e. The van der Waals surface area contributed by atoms with E-state index in [0.29, 0.717) is 11.7 Å². The third-order valence-corrected chi connectivity index (χ3v) is 3.11. The molecule has 1 aromatic carbocycles. The quantitative estimate of drug-likeness (QED) is 0.827. The molecule has 3 heteroatoms. The molecule has 1 aliphatic rings. The van der Waals surface area contributed by atoms with Gasteiger partial charge >= 0.3 is 0 Å². The number of anilines is 1. The van der Waals surface area contributed by atoms with Gasteiger partial charge in [0.15, 0.2) is 0 Å². The molecule has 1 heterocycles. The maximum Gasteiger partial charge on any atom is 0.146 e. The fourth-order valence-electron chi connectivity index (χ4n) is 2.25. The van der Waals surface area contributed by atoms with Gasteiger partial charge in [-0.15, -0.1) is 0 Å². The van der Waals surface area contributed by atoms with Crippen LogP contribution in [-0.4, -0.2) is 31.1 Å². The molecule has 1 aromatic rings. The molecule has 1 fully saturated rings. The summed E-state index contributed by atoms with van der Waals surface area (Å²) in [6.45, 7) is 4.12. The molecule has 1 N–H and O–H groups in total. The summed E-state index contributed by atoms with van der Waals surface area (Å²) in [5.74, 6) is -0.154. The van der Waals surface area contributed by atoms with E-state index in [1.54, 1.807) is 6.07 Å². The van der Waals surface area contributed by atoms with Crippen molar-refractivity contribution in [3.8, 4) is 0 Å². The van der Waals surface area contributed by atoms with E-state index in [1.807, 2.05) is 13.0 Å². The summed E-state index contributed by atoms with van der Waals surface area (Å²) in [4.78, 5) is 2.29. The van der Waals surface area contributed by atoms with Crippen LogP contribution in [0.4, 0.5) is 10.1 Å². The van der Waals surface area contributed by atoms with Gasteiger partial charge in [-0.05, 0) is 51.1 Å². The Labute approximate surface area is 96.5 Å². The second-order valence-electron chi connectivity index (χ2n) is 4.73. The zero-order valence-electron chi connectivity index (χ0n) is 9.96. The van der Waals surface area contributed by atoms with Crippen molar-refractivity contribution in [3.63, 3.8) is 0 Å².